The van der Waals surface area contributed by atoms with E-state index in [0.717, 1.165) is 6.42 Å². The van der Waals surface area contributed by atoms with Crippen molar-refractivity contribution in [2.24, 2.45) is 5.92 Å². The average Bonchev–Trinajstić information content (AvgIpc) is 2.49. The van der Waals surface area contributed by atoms with Crippen LogP contribution in [0, 0.1) is 5.92 Å². The molecule has 21 heavy (non-hydrogen) atoms. The molecule has 0 aromatic heterocycles. The van der Waals surface area contributed by atoms with Gasteiger partial charge in [-0.1, -0.05) is 50.6 Å². The van der Waals surface area contributed by atoms with Gasteiger partial charge >= 0.3 is 12.0 Å². The van der Waals surface area contributed by atoms with Gasteiger partial charge in [0.2, 0.25) is 0 Å². The summed E-state index contributed by atoms with van der Waals surface area (Å²) in [6.45, 7) is 4.90. The van der Waals surface area contributed by atoms with E-state index in [2.05, 4.69) is 17.6 Å². The van der Waals surface area contributed by atoms with E-state index in [1.54, 1.807) is 0 Å². The molecule has 0 aliphatic heterocycles. The number of carbonyl (C=O) groups excluding carboxylic acids is 1. The summed E-state index contributed by atoms with van der Waals surface area (Å²) in [5.74, 6) is -0.625. The molecular weight excluding hydrogens is 268 g/mol. The number of hydrogen-bond acceptors (Lipinski definition) is 2. The zero-order valence-electron chi connectivity index (χ0n) is 12.6. The monoisotopic (exact) mass is 292 g/mol. The lowest BCUT2D eigenvalue weighted by molar-refractivity contribution is -0.138. The van der Waals surface area contributed by atoms with Crippen molar-refractivity contribution in [1.82, 2.24) is 10.6 Å². The molecule has 0 fully saturated rings. The molecule has 2 atom stereocenters. The number of rotatable bonds is 8. The number of carboxylic acid groups (broad SMARTS) is 1. The third-order valence-electron chi connectivity index (χ3n) is 3.53. The first kappa shape index (κ1) is 17.0. The molecule has 0 bridgehead atoms. The third-order valence-corrected chi connectivity index (χ3v) is 3.53. The van der Waals surface area contributed by atoms with Gasteiger partial charge in [-0.2, -0.15) is 0 Å². The second-order valence-corrected chi connectivity index (χ2v) is 5.27. The van der Waals surface area contributed by atoms with Crippen molar-refractivity contribution in [3.8, 4) is 0 Å². The van der Waals surface area contributed by atoms with Crippen LogP contribution in [0.25, 0.3) is 0 Å². The smallest absolute Gasteiger partial charge is 0.314 e. The molecule has 3 N–H and O–H groups in total. The summed E-state index contributed by atoms with van der Waals surface area (Å²) >= 11 is 0. The second kappa shape index (κ2) is 9.00. The van der Waals surface area contributed by atoms with Gasteiger partial charge in [0.15, 0.2) is 0 Å². The van der Waals surface area contributed by atoms with Gasteiger partial charge in [-0.05, 0) is 17.4 Å². The fourth-order valence-corrected chi connectivity index (χ4v) is 2.05. The van der Waals surface area contributed by atoms with Crippen molar-refractivity contribution >= 4 is 12.0 Å². The largest absolute Gasteiger partial charge is 0.481 e. The molecule has 0 aliphatic carbocycles. The van der Waals surface area contributed by atoms with Crippen LogP contribution in [0.15, 0.2) is 30.3 Å². The first-order chi connectivity index (χ1) is 10.0. The molecule has 5 nitrogen and oxygen atoms in total. The van der Waals surface area contributed by atoms with E-state index in [4.69, 9.17) is 5.11 Å². The van der Waals surface area contributed by atoms with Crippen LogP contribution >= 0.6 is 0 Å². The molecule has 5 heteroatoms. The molecule has 1 aromatic carbocycles. The van der Waals surface area contributed by atoms with Crippen molar-refractivity contribution in [3.63, 3.8) is 0 Å². The Hall–Kier alpha value is -2.04. The Labute approximate surface area is 125 Å². The van der Waals surface area contributed by atoms with Gasteiger partial charge in [0.1, 0.15) is 0 Å². The zero-order chi connectivity index (χ0) is 15.7. The standard InChI is InChI=1S/C16H24N2O3/c1-3-13(9-15(19)20)11-18-16(21)17-10-12(2)14-7-5-4-6-8-14/h4-8,12-13H,3,9-11H2,1-2H3,(H,19,20)(H2,17,18,21). The predicted octanol–water partition coefficient (Wildman–Crippen LogP) is 2.59. The number of hydrogen-bond donors (Lipinski definition) is 3. The van der Waals surface area contributed by atoms with Gasteiger partial charge in [-0.15, -0.1) is 0 Å². The quantitative estimate of drug-likeness (QED) is 0.689. The van der Waals surface area contributed by atoms with E-state index >= 15 is 0 Å². The molecular formula is C16H24N2O3. The van der Waals surface area contributed by atoms with E-state index < -0.39 is 5.97 Å². The van der Waals surface area contributed by atoms with Crippen LogP contribution in [0.2, 0.25) is 0 Å². The third kappa shape index (κ3) is 6.79. The SMILES string of the molecule is CCC(CNC(=O)NCC(C)c1ccccc1)CC(=O)O. The Bertz CT molecular complexity index is 448. The number of carboxylic acids is 1. The fourth-order valence-electron chi connectivity index (χ4n) is 2.05. The first-order valence-corrected chi connectivity index (χ1v) is 7.31. The molecule has 0 spiro atoms. The van der Waals surface area contributed by atoms with Gasteiger partial charge in [0, 0.05) is 19.5 Å². The summed E-state index contributed by atoms with van der Waals surface area (Å²) < 4.78 is 0. The minimum absolute atomic E-state index is 0.0280. The summed E-state index contributed by atoms with van der Waals surface area (Å²) in [6.07, 6.45) is 0.810. The summed E-state index contributed by atoms with van der Waals surface area (Å²) in [5.41, 5.74) is 1.18. The lowest BCUT2D eigenvalue weighted by Gasteiger charge is -2.16. The number of aliphatic carboxylic acids is 1. The van der Waals surface area contributed by atoms with Crippen molar-refractivity contribution < 1.29 is 14.7 Å². The zero-order valence-corrected chi connectivity index (χ0v) is 12.6. The lowest BCUT2D eigenvalue weighted by Crippen LogP contribution is -2.40. The molecule has 0 heterocycles. The highest BCUT2D eigenvalue weighted by Gasteiger charge is 2.13. The molecule has 0 aliphatic rings. The van der Waals surface area contributed by atoms with E-state index in [-0.39, 0.29) is 24.3 Å². The minimum atomic E-state index is -0.832. The Morgan fingerprint density at radius 3 is 2.33 bits per heavy atom. The van der Waals surface area contributed by atoms with Crippen LogP contribution in [0.5, 0.6) is 0 Å². The van der Waals surface area contributed by atoms with Crippen molar-refractivity contribution in [1.29, 1.82) is 0 Å². The number of nitrogens with one attached hydrogen (secondary N) is 2. The molecule has 1 rings (SSSR count). The Morgan fingerprint density at radius 2 is 1.76 bits per heavy atom. The van der Waals surface area contributed by atoms with Gasteiger partial charge < -0.3 is 15.7 Å². The van der Waals surface area contributed by atoms with E-state index in [9.17, 15) is 9.59 Å². The first-order valence-electron chi connectivity index (χ1n) is 7.31. The lowest BCUT2D eigenvalue weighted by atomic mass is 10.0. The molecule has 1 aromatic rings. The molecule has 116 valence electrons. The Morgan fingerprint density at radius 1 is 1.14 bits per heavy atom. The van der Waals surface area contributed by atoms with Crippen LogP contribution in [0.1, 0.15) is 38.2 Å². The van der Waals surface area contributed by atoms with E-state index in [0.29, 0.717) is 13.1 Å². The normalized spacial score (nSPS) is 13.2. The highest BCUT2D eigenvalue weighted by atomic mass is 16.4. The van der Waals surface area contributed by atoms with Gasteiger partial charge in [-0.3, -0.25) is 4.79 Å². The summed E-state index contributed by atoms with van der Waals surface area (Å²) in [7, 11) is 0. The van der Waals surface area contributed by atoms with Gasteiger partial charge in [-0.25, -0.2) is 4.79 Å². The second-order valence-electron chi connectivity index (χ2n) is 5.27. The summed E-state index contributed by atoms with van der Waals surface area (Å²) in [6, 6.07) is 9.73. The number of benzene rings is 1. The molecule has 0 saturated heterocycles. The summed E-state index contributed by atoms with van der Waals surface area (Å²) in [5, 5.41) is 14.3. The fraction of sp³-hybridized carbons (Fsp3) is 0.500. The molecule has 2 unspecified atom stereocenters. The number of urea groups is 1. The Balaban J connectivity index is 2.29. The van der Waals surface area contributed by atoms with Crippen LogP contribution in [0.3, 0.4) is 0 Å². The van der Waals surface area contributed by atoms with Crippen molar-refractivity contribution in [2.45, 2.75) is 32.6 Å². The minimum Gasteiger partial charge on any atom is -0.481 e. The summed E-state index contributed by atoms with van der Waals surface area (Å²) in [4.78, 5) is 22.4. The Kier molecular flexibility index (Phi) is 7.29. The number of carbonyl (C=O) groups is 2. The highest BCUT2D eigenvalue weighted by molar-refractivity contribution is 5.74. The van der Waals surface area contributed by atoms with Crippen LogP contribution in [-0.2, 0) is 4.79 Å². The number of amides is 2. The highest BCUT2D eigenvalue weighted by Crippen LogP contribution is 2.12. The molecule has 0 saturated carbocycles. The predicted molar refractivity (Wildman–Crippen MR) is 82.3 cm³/mol. The maximum Gasteiger partial charge on any atom is 0.314 e. The topological polar surface area (TPSA) is 78.4 Å². The van der Waals surface area contributed by atoms with Crippen LogP contribution in [0.4, 0.5) is 4.79 Å². The molecule has 2 amide bonds. The van der Waals surface area contributed by atoms with Crippen LogP contribution < -0.4 is 10.6 Å². The van der Waals surface area contributed by atoms with E-state index in [1.165, 1.54) is 5.56 Å². The van der Waals surface area contributed by atoms with Crippen molar-refractivity contribution in [3.05, 3.63) is 35.9 Å². The molecule has 0 radical (unpaired) electrons. The maximum absolute atomic E-state index is 11.7. The van der Waals surface area contributed by atoms with Gasteiger partial charge in [0.25, 0.3) is 0 Å². The van der Waals surface area contributed by atoms with Crippen LogP contribution in [-0.4, -0.2) is 30.2 Å². The van der Waals surface area contributed by atoms with E-state index in [1.807, 2.05) is 37.3 Å². The van der Waals surface area contributed by atoms with Gasteiger partial charge in [0.05, 0.1) is 0 Å². The average molecular weight is 292 g/mol. The maximum atomic E-state index is 11.7. The van der Waals surface area contributed by atoms with Crippen molar-refractivity contribution in [2.75, 3.05) is 13.1 Å².